The fraction of sp³-hybridized carbons (Fsp3) is 0.455. The molecule has 2 atom stereocenters. The van der Waals surface area contributed by atoms with E-state index in [1.165, 1.54) is 18.5 Å². The third-order valence-corrected chi connectivity index (χ3v) is 3.25. The van der Waals surface area contributed by atoms with Gasteiger partial charge in [0, 0.05) is 12.6 Å². The molecule has 0 aromatic carbocycles. The van der Waals surface area contributed by atoms with Gasteiger partial charge < -0.3 is 4.90 Å². The maximum absolute atomic E-state index is 10.4. The first-order chi connectivity index (χ1) is 6.88. The molecule has 72 valence electrons. The number of carbonyl (C=O) groups is 1. The average molecular weight is 188 g/mol. The Balaban J connectivity index is 1.85. The van der Waals surface area contributed by atoms with Crippen molar-refractivity contribution in [3.05, 3.63) is 24.0 Å². The van der Waals surface area contributed by atoms with Crippen LogP contribution in [0.3, 0.4) is 0 Å². The number of carbonyl (C=O) groups excluding carboxylic acids is 1. The number of hydrogen-bond acceptors (Lipinski definition) is 3. The van der Waals surface area contributed by atoms with Gasteiger partial charge in [0.15, 0.2) is 6.29 Å². The quantitative estimate of drug-likeness (QED) is 0.659. The summed E-state index contributed by atoms with van der Waals surface area (Å²) in [5.41, 5.74) is 1.68. The topological polar surface area (TPSA) is 33.2 Å². The molecule has 0 amide bonds. The second kappa shape index (κ2) is 2.80. The van der Waals surface area contributed by atoms with E-state index in [0.717, 1.165) is 24.8 Å². The van der Waals surface area contributed by atoms with Crippen LogP contribution in [0.4, 0.5) is 5.69 Å². The van der Waals surface area contributed by atoms with E-state index in [-0.39, 0.29) is 0 Å². The largest absolute Gasteiger partial charge is 0.367 e. The molecule has 0 bridgehead atoms. The molecule has 3 nitrogen and oxygen atoms in total. The Morgan fingerprint density at radius 2 is 2.43 bits per heavy atom. The molecule has 1 aliphatic carbocycles. The van der Waals surface area contributed by atoms with Gasteiger partial charge >= 0.3 is 0 Å². The summed E-state index contributed by atoms with van der Waals surface area (Å²) in [7, 11) is 0. The monoisotopic (exact) mass is 188 g/mol. The van der Waals surface area contributed by atoms with Crippen LogP contribution >= 0.6 is 0 Å². The molecule has 2 fully saturated rings. The van der Waals surface area contributed by atoms with Gasteiger partial charge in [0.2, 0.25) is 0 Å². The Morgan fingerprint density at radius 1 is 1.50 bits per heavy atom. The fourth-order valence-corrected chi connectivity index (χ4v) is 2.35. The molecule has 2 unspecified atom stereocenters. The first-order valence-corrected chi connectivity index (χ1v) is 5.06. The van der Waals surface area contributed by atoms with Gasteiger partial charge in [-0.2, -0.15) is 0 Å². The number of aromatic nitrogens is 1. The molecule has 1 aromatic heterocycles. The van der Waals surface area contributed by atoms with E-state index < -0.39 is 0 Å². The minimum atomic E-state index is 0.514. The lowest BCUT2D eigenvalue weighted by Crippen LogP contribution is -2.22. The predicted octanol–water partition coefficient (Wildman–Crippen LogP) is 1.49. The molecule has 3 heteroatoms. The molecule has 0 radical (unpaired) electrons. The molecule has 0 spiro atoms. The SMILES string of the molecule is O=Cc1ccc(N2CCC3CC32)cn1. The van der Waals surface area contributed by atoms with Gasteiger partial charge in [-0.05, 0) is 30.9 Å². The third-order valence-electron chi connectivity index (χ3n) is 3.25. The number of piperidine rings is 1. The van der Waals surface area contributed by atoms with Crippen molar-refractivity contribution in [2.45, 2.75) is 18.9 Å². The van der Waals surface area contributed by atoms with Gasteiger partial charge in [-0.3, -0.25) is 9.78 Å². The molecule has 1 saturated heterocycles. The molecule has 2 aliphatic rings. The molecular formula is C11H12N2O. The summed E-state index contributed by atoms with van der Waals surface area (Å²) in [6, 6.07) is 4.55. The second-order valence-corrected chi connectivity index (χ2v) is 4.10. The number of aldehydes is 1. The lowest BCUT2D eigenvalue weighted by Gasteiger charge is -2.19. The van der Waals surface area contributed by atoms with Crippen LogP contribution in [0, 0.1) is 5.92 Å². The van der Waals surface area contributed by atoms with Crippen molar-refractivity contribution in [1.29, 1.82) is 0 Å². The summed E-state index contributed by atoms with van der Waals surface area (Å²) >= 11 is 0. The van der Waals surface area contributed by atoms with E-state index in [1.54, 1.807) is 6.07 Å². The molecule has 1 aliphatic heterocycles. The standard InChI is InChI=1S/C11H12N2O/c14-7-9-1-2-10(6-12-9)13-4-3-8-5-11(8)13/h1-2,6-8,11H,3-5H2. The molecule has 0 N–H and O–H groups in total. The number of hydrogen-bond donors (Lipinski definition) is 0. The molecule has 3 rings (SSSR count). The normalized spacial score (nSPS) is 28.7. The zero-order chi connectivity index (χ0) is 9.54. The molecule has 1 saturated carbocycles. The zero-order valence-corrected chi connectivity index (χ0v) is 7.89. The highest BCUT2D eigenvalue weighted by Gasteiger charge is 2.46. The lowest BCUT2D eigenvalue weighted by molar-refractivity contribution is 0.111. The van der Waals surface area contributed by atoms with Crippen molar-refractivity contribution in [2.24, 2.45) is 5.92 Å². The summed E-state index contributed by atoms with van der Waals surface area (Å²) in [5.74, 6) is 0.931. The Hall–Kier alpha value is -1.38. The molecule has 14 heavy (non-hydrogen) atoms. The highest BCUT2D eigenvalue weighted by molar-refractivity contribution is 5.72. The van der Waals surface area contributed by atoms with E-state index in [1.807, 2.05) is 12.3 Å². The average Bonchev–Trinajstić information content (AvgIpc) is 2.91. The van der Waals surface area contributed by atoms with E-state index in [9.17, 15) is 4.79 Å². The Labute approximate surface area is 82.8 Å². The van der Waals surface area contributed by atoms with E-state index in [2.05, 4.69) is 9.88 Å². The number of pyridine rings is 1. The molecule has 2 heterocycles. The van der Waals surface area contributed by atoms with Crippen LogP contribution in [0.25, 0.3) is 0 Å². The van der Waals surface area contributed by atoms with Gasteiger partial charge in [-0.1, -0.05) is 0 Å². The van der Waals surface area contributed by atoms with Crippen molar-refractivity contribution in [2.75, 3.05) is 11.4 Å². The Morgan fingerprint density at radius 3 is 2.93 bits per heavy atom. The summed E-state index contributed by atoms with van der Waals surface area (Å²) in [4.78, 5) is 16.9. The van der Waals surface area contributed by atoms with E-state index in [4.69, 9.17) is 0 Å². The highest BCUT2D eigenvalue weighted by atomic mass is 16.1. The van der Waals surface area contributed by atoms with Crippen molar-refractivity contribution in [1.82, 2.24) is 4.98 Å². The minimum Gasteiger partial charge on any atom is -0.367 e. The summed E-state index contributed by atoms with van der Waals surface area (Å²) in [6.45, 7) is 1.15. The summed E-state index contributed by atoms with van der Waals surface area (Å²) < 4.78 is 0. The van der Waals surface area contributed by atoms with Gasteiger partial charge in [-0.25, -0.2) is 0 Å². The van der Waals surface area contributed by atoms with Gasteiger partial charge in [0.05, 0.1) is 11.9 Å². The van der Waals surface area contributed by atoms with Crippen molar-refractivity contribution < 1.29 is 4.79 Å². The number of anilines is 1. The molecular weight excluding hydrogens is 176 g/mol. The number of nitrogens with zero attached hydrogens (tertiary/aromatic N) is 2. The van der Waals surface area contributed by atoms with Crippen LogP contribution in [0.2, 0.25) is 0 Å². The smallest absolute Gasteiger partial charge is 0.168 e. The van der Waals surface area contributed by atoms with Gasteiger partial charge in [0.25, 0.3) is 0 Å². The van der Waals surface area contributed by atoms with E-state index >= 15 is 0 Å². The van der Waals surface area contributed by atoms with Crippen LogP contribution in [-0.4, -0.2) is 23.9 Å². The Kier molecular flexibility index (Phi) is 1.60. The van der Waals surface area contributed by atoms with Crippen LogP contribution < -0.4 is 4.90 Å². The predicted molar refractivity (Wildman–Crippen MR) is 53.5 cm³/mol. The van der Waals surface area contributed by atoms with E-state index in [0.29, 0.717) is 5.69 Å². The highest BCUT2D eigenvalue weighted by Crippen LogP contribution is 2.46. The van der Waals surface area contributed by atoms with Crippen LogP contribution in [0.5, 0.6) is 0 Å². The lowest BCUT2D eigenvalue weighted by atomic mass is 10.3. The van der Waals surface area contributed by atoms with Crippen molar-refractivity contribution in [3.8, 4) is 0 Å². The first kappa shape index (κ1) is 7.97. The molecule has 1 aromatic rings. The summed E-state index contributed by atoms with van der Waals surface area (Å²) in [6.07, 6.45) is 5.26. The number of rotatable bonds is 2. The maximum atomic E-state index is 10.4. The van der Waals surface area contributed by atoms with Crippen molar-refractivity contribution in [3.63, 3.8) is 0 Å². The zero-order valence-electron chi connectivity index (χ0n) is 7.89. The van der Waals surface area contributed by atoms with Gasteiger partial charge in [0.1, 0.15) is 5.69 Å². The van der Waals surface area contributed by atoms with Crippen LogP contribution in [-0.2, 0) is 0 Å². The second-order valence-electron chi connectivity index (χ2n) is 4.10. The summed E-state index contributed by atoms with van der Waals surface area (Å²) in [5, 5.41) is 0. The Bertz CT molecular complexity index is 360. The first-order valence-electron chi connectivity index (χ1n) is 5.06. The number of fused-ring (bicyclic) bond motifs is 1. The third kappa shape index (κ3) is 1.12. The van der Waals surface area contributed by atoms with Gasteiger partial charge in [-0.15, -0.1) is 0 Å². The maximum Gasteiger partial charge on any atom is 0.168 e. The van der Waals surface area contributed by atoms with Crippen LogP contribution in [0.1, 0.15) is 23.3 Å². The minimum absolute atomic E-state index is 0.514. The van der Waals surface area contributed by atoms with Crippen LogP contribution in [0.15, 0.2) is 18.3 Å². The fourth-order valence-electron chi connectivity index (χ4n) is 2.35. The van der Waals surface area contributed by atoms with Crippen molar-refractivity contribution >= 4 is 12.0 Å².